The number of carbonyl (C=O) groups is 2. The van der Waals surface area contributed by atoms with Crippen molar-refractivity contribution >= 4 is 12.0 Å². The molecule has 0 saturated carbocycles. The first-order valence-electron chi connectivity index (χ1n) is 5.56. The number of rotatable bonds is 8. The van der Waals surface area contributed by atoms with Crippen LogP contribution in [0.25, 0.3) is 0 Å². The van der Waals surface area contributed by atoms with E-state index in [9.17, 15) is 9.59 Å². The quantitative estimate of drug-likeness (QED) is 0.450. The first-order valence-corrected chi connectivity index (χ1v) is 5.56. The standard InChI is InChI=1S/C10H21N3O3/c1-2-4-8(7-9(14)15)13-10(16)12-6-3-5-11/h8H,2-7,11H2,1H3,(H,14,15)(H2,12,13,16). The lowest BCUT2D eigenvalue weighted by atomic mass is 10.1. The second kappa shape index (κ2) is 8.96. The van der Waals surface area contributed by atoms with Gasteiger partial charge in [0.1, 0.15) is 0 Å². The summed E-state index contributed by atoms with van der Waals surface area (Å²) in [4.78, 5) is 21.9. The molecule has 0 aromatic rings. The Bertz CT molecular complexity index is 221. The monoisotopic (exact) mass is 231 g/mol. The van der Waals surface area contributed by atoms with Crippen molar-refractivity contribution < 1.29 is 14.7 Å². The molecule has 0 bridgehead atoms. The summed E-state index contributed by atoms with van der Waals surface area (Å²) in [6, 6.07) is -0.631. The number of carboxylic acid groups (broad SMARTS) is 1. The van der Waals surface area contributed by atoms with E-state index in [2.05, 4.69) is 10.6 Å². The third kappa shape index (κ3) is 8.05. The normalized spacial score (nSPS) is 11.9. The van der Waals surface area contributed by atoms with Crippen molar-refractivity contribution in [2.75, 3.05) is 13.1 Å². The maximum Gasteiger partial charge on any atom is 0.315 e. The van der Waals surface area contributed by atoms with Crippen LogP contribution in [0.2, 0.25) is 0 Å². The lowest BCUT2D eigenvalue weighted by Gasteiger charge is -2.16. The number of carbonyl (C=O) groups excluding carboxylic acids is 1. The first-order chi connectivity index (χ1) is 7.60. The van der Waals surface area contributed by atoms with E-state index in [-0.39, 0.29) is 18.5 Å². The Labute approximate surface area is 95.6 Å². The number of hydrogen-bond acceptors (Lipinski definition) is 3. The molecule has 94 valence electrons. The van der Waals surface area contributed by atoms with E-state index in [4.69, 9.17) is 10.8 Å². The second-order valence-corrected chi connectivity index (χ2v) is 3.63. The minimum Gasteiger partial charge on any atom is -0.481 e. The Morgan fingerprint density at radius 2 is 2.12 bits per heavy atom. The predicted octanol–water partition coefficient (Wildman–Crippen LogP) is 0.278. The Hall–Kier alpha value is -1.30. The Balaban J connectivity index is 3.87. The summed E-state index contributed by atoms with van der Waals surface area (Å²) >= 11 is 0. The SMILES string of the molecule is CCCC(CC(=O)O)NC(=O)NCCCN. The average molecular weight is 231 g/mol. The maximum absolute atomic E-state index is 11.3. The lowest BCUT2D eigenvalue weighted by Crippen LogP contribution is -2.43. The summed E-state index contributed by atoms with van der Waals surface area (Å²) < 4.78 is 0. The summed E-state index contributed by atoms with van der Waals surface area (Å²) in [7, 11) is 0. The molecule has 0 radical (unpaired) electrons. The van der Waals surface area contributed by atoms with Gasteiger partial charge in [0.2, 0.25) is 0 Å². The number of aliphatic carboxylic acids is 1. The minimum atomic E-state index is -0.902. The van der Waals surface area contributed by atoms with Crippen LogP contribution >= 0.6 is 0 Å². The molecule has 0 aliphatic heterocycles. The topological polar surface area (TPSA) is 104 Å². The van der Waals surface area contributed by atoms with E-state index in [1.54, 1.807) is 0 Å². The van der Waals surface area contributed by atoms with Crippen molar-refractivity contribution in [2.24, 2.45) is 5.73 Å². The molecule has 0 spiro atoms. The predicted molar refractivity (Wildman–Crippen MR) is 61.2 cm³/mol. The van der Waals surface area contributed by atoms with Gasteiger partial charge in [-0.2, -0.15) is 0 Å². The Morgan fingerprint density at radius 3 is 2.62 bits per heavy atom. The molecule has 2 amide bonds. The fourth-order valence-corrected chi connectivity index (χ4v) is 1.32. The van der Waals surface area contributed by atoms with Crippen LogP contribution in [-0.2, 0) is 4.79 Å². The highest BCUT2D eigenvalue weighted by atomic mass is 16.4. The molecule has 0 aliphatic carbocycles. The Morgan fingerprint density at radius 1 is 1.44 bits per heavy atom. The van der Waals surface area contributed by atoms with Gasteiger partial charge < -0.3 is 21.5 Å². The van der Waals surface area contributed by atoms with Crippen molar-refractivity contribution in [1.82, 2.24) is 10.6 Å². The molecule has 6 heteroatoms. The summed E-state index contributed by atoms with van der Waals surface area (Å²) in [6.45, 7) is 2.98. The summed E-state index contributed by atoms with van der Waals surface area (Å²) in [5, 5.41) is 13.9. The zero-order chi connectivity index (χ0) is 12.4. The van der Waals surface area contributed by atoms with E-state index < -0.39 is 5.97 Å². The van der Waals surface area contributed by atoms with Crippen LogP contribution in [0.1, 0.15) is 32.6 Å². The van der Waals surface area contributed by atoms with Gasteiger partial charge in [0.15, 0.2) is 0 Å². The van der Waals surface area contributed by atoms with Crippen LogP contribution in [0.15, 0.2) is 0 Å². The number of carboxylic acids is 1. The van der Waals surface area contributed by atoms with Crippen LogP contribution in [0.3, 0.4) is 0 Å². The van der Waals surface area contributed by atoms with Crippen LogP contribution in [0.4, 0.5) is 4.79 Å². The van der Waals surface area contributed by atoms with Gasteiger partial charge in [0.05, 0.1) is 6.42 Å². The molecule has 5 N–H and O–H groups in total. The van der Waals surface area contributed by atoms with Gasteiger partial charge in [-0.25, -0.2) is 4.79 Å². The van der Waals surface area contributed by atoms with E-state index in [0.717, 1.165) is 6.42 Å². The highest BCUT2D eigenvalue weighted by molar-refractivity contribution is 5.75. The number of hydrogen-bond donors (Lipinski definition) is 4. The molecule has 0 fully saturated rings. The molecule has 1 unspecified atom stereocenters. The molecule has 0 aliphatic rings. The third-order valence-electron chi connectivity index (χ3n) is 2.06. The van der Waals surface area contributed by atoms with Gasteiger partial charge in [-0.3, -0.25) is 4.79 Å². The molecule has 0 aromatic carbocycles. The van der Waals surface area contributed by atoms with Gasteiger partial charge in [0.25, 0.3) is 0 Å². The molecule has 0 aromatic heterocycles. The average Bonchev–Trinajstić information content (AvgIpc) is 2.17. The molecule has 1 atom stereocenters. The molecule has 0 heterocycles. The van der Waals surface area contributed by atoms with Crippen LogP contribution < -0.4 is 16.4 Å². The fourth-order valence-electron chi connectivity index (χ4n) is 1.32. The number of urea groups is 1. The van der Waals surface area contributed by atoms with Crippen LogP contribution in [0, 0.1) is 0 Å². The second-order valence-electron chi connectivity index (χ2n) is 3.63. The van der Waals surface area contributed by atoms with Gasteiger partial charge in [0, 0.05) is 12.6 Å². The molecule has 6 nitrogen and oxygen atoms in total. The highest BCUT2D eigenvalue weighted by Gasteiger charge is 2.14. The fraction of sp³-hybridized carbons (Fsp3) is 0.800. The van der Waals surface area contributed by atoms with Gasteiger partial charge in [-0.15, -0.1) is 0 Å². The van der Waals surface area contributed by atoms with Crippen molar-refractivity contribution in [3.8, 4) is 0 Å². The van der Waals surface area contributed by atoms with Crippen LogP contribution in [0.5, 0.6) is 0 Å². The molecule has 0 saturated heterocycles. The summed E-state index contributed by atoms with van der Waals surface area (Å²) in [6.07, 6.45) is 2.17. The third-order valence-corrected chi connectivity index (χ3v) is 2.06. The van der Waals surface area contributed by atoms with E-state index in [0.29, 0.717) is 25.9 Å². The molecular formula is C10H21N3O3. The van der Waals surface area contributed by atoms with Gasteiger partial charge >= 0.3 is 12.0 Å². The Kier molecular flexibility index (Phi) is 8.24. The van der Waals surface area contributed by atoms with Gasteiger partial charge in [-0.1, -0.05) is 13.3 Å². The molecule has 16 heavy (non-hydrogen) atoms. The minimum absolute atomic E-state index is 0.0435. The molecule has 0 rings (SSSR count). The van der Waals surface area contributed by atoms with Crippen molar-refractivity contribution in [1.29, 1.82) is 0 Å². The van der Waals surface area contributed by atoms with E-state index in [1.165, 1.54) is 0 Å². The zero-order valence-electron chi connectivity index (χ0n) is 9.66. The number of nitrogens with one attached hydrogen (secondary N) is 2. The van der Waals surface area contributed by atoms with Gasteiger partial charge in [-0.05, 0) is 19.4 Å². The van der Waals surface area contributed by atoms with E-state index in [1.807, 2.05) is 6.92 Å². The summed E-state index contributed by atoms with van der Waals surface area (Å²) in [5.41, 5.74) is 5.28. The van der Waals surface area contributed by atoms with Crippen molar-refractivity contribution in [3.63, 3.8) is 0 Å². The first kappa shape index (κ1) is 14.7. The smallest absolute Gasteiger partial charge is 0.315 e. The van der Waals surface area contributed by atoms with E-state index >= 15 is 0 Å². The number of nitrogens with two attached hydrogens (primary N) is 1. The zero-order valence-corrected chi connectivity index (χ0v) is 9.66. The largest absolute Gasteiger partial charge is 0.481 e. The summed E-state index contributed by atoms with van der Waals surface area (Å²) in [5.74, 6) is -0.902. The number of amides is 2. The molecular weight excluding hydrogens is 210 g/mol. The van der Waals surface area contributed by atoms with Crippen molar-refractivity contribution in [3.05, 3.63) is 0 Å². The lowest BCUT2D eigenvalue weighted by molar-refractivity contribution is -0.137. The van der Waals surface area contributed by atoms with Crippen molar-refractivity contribution in [2.45, 2.75) is 38.6 Å². The maximum atomic E-state index is 11.3. The van der Waals surface area contributed by atoms with Crippen LogP contribution in [-0.4, -0.2) is 36.2 Å². The highest BCUT2D eigenvalue weighted by Crippen LogP contribution is 2.01.